The van der Waals surface area contributed by atoms with Crippen molar-refractivity contribution in [3.8, 4) is 0 Å². The zero-order valence-corrected chi connectivity index (χ0v) is 10.5. The molecule has 2 aromatic rings. The van der Waals surface area contributed by atoms with Crippen LogP contribution in [0.25, 0.3) is 0 Å². The van der Waals surface area contributed by atoms with Gasteiger partial charge < -0.3 is 5.11 Å². The van der Waals surface area contributed by atoms with E-state index in [0.717, 1.165) is 15.6 Å². The lowest BCUT2D eigenvalue weighted by Gasteiger charge is -2.05. The number of aliphatic hydroxyl groups is 1. The lowest BCUT2D eigenvalue weighted by Crippen LogP contribution is -1.99. The van der Waals surface area contributed by atoms with Crippen molar-refractivity contribution in [1.82, 2.24) is 4.98 Å². The first-order chi connectivity index (χ1) is 7.15. The molecule has 0 aliphatic heterocycles. The molecule has 0 saturated heterocycles. The largest absolute Gasteiger partial charge is 0.387 e. The van der Waals surface area contributed by atoms with Gasteiger partial charge in [0.2, 0.25) is 0 Å². The average molecular weight is 260 g/mol. The van der Waals surface area contributed by atoms with Crippen molar-refractivity contribution < 1.29 is 5.11 Å². The SMILES string of the molecule is Cc1nc(CC(O)c2ccc(Cl)s2)cs1. The second kappa shape index (κ2) is 4.61. The lowest BCUT2D eigenvalue weighted by atomic mass is 10.2. The summed E-state index contributed by atoms with van der Waals surface area (Å²) in [5.41, 5.74) is 0.939. The highest BCUT2D eigenvalue weighted by Gasteiger charge is 2.12. The highest BCUT2D eigenvalue weighted by Crippen LogP contribution is 2.28. The molecule has 0 saturated carbocycles. The molecular weight excluding hydrogens is 250 g/mol. The van der Waals surface area contributed by atoms with E-state index >= 15 is 0 Å². The molecule has 1 N–H and O–H groups in total. The molecule has 2 aromatic heterocycles. The third-order valence-electron chi connectivity index (χ3n) is 1.99. The minimum Gasteiger partial charge on any atom is -0.387 e. The number of rotatable bonds is 3. The summed E-state index contributed by atoms with van der Waals surface area (Å²) in [5.74, 6) is 0. The van der Waals surface area contributed by atoms with Gasteiger partial charge in [0.25, 0.3) is 0 Å². The molecule has 0 aliphatic carbocycles. The predicted molar refractivity (Wildman–Crippen MR) is 64.8 cm³/mol. The summed E-state index contributed by atoms with van der Waals surface area (Å²) in [6.07, 6.45) is 0.0604. The van der Waals surface area contributed by atoms with Gasteiger partial charge in [0, 0.05) is 16.7 Å². The number of nitrogens with zero attached hydrogens (tertiary/aromatic N) is 1. The van der Waals surface area contributed by atoms with E-state index in [4.69, 9.17) is 11.6 Å². The summed E-state index contributed by atoms with van der Waals surface area (Å²) < 4.78 is 0.707. The third-order valence-corrected chi connectivity index (χ3v) is 4.15. The van der Waals surface area contributed by atoms with Crippen molar-refractivity contribution in [1.29, 1.82) is 0 Å². The number of aromatic nitrogens is 1. The fourth-order valence-electron chi connectivity index (χ4n) is 1.31. The summed E-state index contributed by atoms with van der Waals surface area (Å²) in [4.78, 5) is 5.21. The fourth-order valence-corrected chi connectivity index (χ4v) is 2.98. The molecule has 2 rings (SSSR count). The van der Waals surface area contributed by atoms with Gasteiger partial charge in [-0.05, 0) is 19.1 Å². The standard InChI is InChI=1S/C10H10ClNOS2/c1-6-12-7(5-14-6)4-8(13)9-2-3-10(11)15-9/h2-3,5,8,13H,4H2,1H3. The van der Waals surface area contributed by atoms with E-state index in [1.807, 2.05) is 18.4 Å². The second-order valence-corrected chi connectivity index (χ2v) is 6.03. The van der Waals surface area contributed by atoms with Crippen LogP contribution in [-0.2, 0) is 6.42 Å². The van der Waals surface area contributed by atoms with E-state index in [1.165, 1.54) is 11.3 Å². The Morgan fingerprint density at radius 2 is 2.33 bits per heavy atom. The van der Waals surface area contributed by atoms with Crippen molar-refractivity contribution in [3.05, 3.63) is 37.4 Å². The molecule has 2 heterocycles. The molecule has 0 spiro atoms. The molecule has 0 amide bonds. The van der Waals surface area contributed by atoms with Crippen LogP contribution in [-0.4, -0.2) is 10.1 Å². The van der Waals surface area contributed by atoms with Crippen molar-refractivity contribution in [2.45, 2.75) is 19.4 Å². The molecule has 15 heavy (non-hydrogen) atoms. The molecule has 2 nitrogen and oxygen atoms in total. The van der Waals surface area contributed by atoms with Gasteiger partial charge in [0.1, 0.15) is 0 Å². The molecule has 0 fully saturated rings. The van der Waals surface area contributed by atoms with Crippen molar-refractivity contribution >= 4 is 34.3 Å². The first-order valence-electron chi connectivity index (χ1n) is 4.49. The summed E-state index contributed by atoms with van der Waals surface area (Å²) in [5, 5.41) is 12.9. The van der Waals surface area contributed by atoms with Crippen LogP contribution in [0.1, 0.15) is 21.7 Å². The van der Waals surface area contributed by atoms with Gasteiger partial charge in [0.15, 0.2) is 0 Å². The topological polar surface area (TPSA) is 33.1 Å². The van der Waals surface area contributed by atoms with E-state index < -0.39 is 6.10 Å². The lowest BCUT2D eigenvalue weighted by molar-refractivity contribution is 0.181. The predicted octanol–water partition coefficient (Wildman–Crippen LogP) is 3.44. The number of thiazole rings is 1. The van der Waals surface area contributed by atoms with Gasteiger partial charge in [0.05, 0.1) is 21.1 Å². The number of thiophene rings is 1. The highest BCUT2D eigenvalue weighted by atomic mass is 35.5. The van der Waals surface area contributed by atoms with E-state index in [2.05, 4.69) is 4.98 Å². The quantitative estimate of drug-likeness (QED) is 0.916. The Morgan fingerprint density at radius 1 is 1.53 bits per heavy atom. The van der Waals surface area contributed by atoms with Crippen molar-refractivity contribution in [3.63, 3.8) is 0 Å². The molecule has 0 radical (unpaired) electrons. The molecule has 80 valence electrons. The van der Waals surface area contributed by atoms with Crippen LogP contribution in [0.3, 0.4) is 0 Å². The Labute approximate surface area is 101 Å². The Balaban J connectivity index is 2.06. The summed E-state index contributed by atoms with van der Waals surface area (Å²) in [6.45, 7) is 1.96. The van der Waals surface area contributed by atoms with Crippen LogP contribution in [0.4, 0.5) is 0 Å². The first-order valence-corrected chi connectivity index (χ1v) is 6.57. The van der Waals surface area contributed by atoms with Crippen molar-refractivity contribution in [2.75, 3.05) is 0 Å². The molecule has 0 bridgehead atoms. The maximum Gasteiger partial charge on any atom is 0.0938 e. The normalized spacial score (nSPS) is 13.0. The van der Waals surface area contributed by atoms with Gasteiger partial charge >= 0.3 is 0 Å². The molecular formula is C10H10ClNOS2. The van der Waals surface area contributed by atoms with Crippen LogP contribution in [0.5, 0.6) is 0 Å². The number of hydrogen-bond acceptors (Lipinski definition) is 4. The van der Waals surface area contributed by atoms with Crippen LogP contribution >= 0.6 is 34.3 Å². The molecule has 0 aromatic carbocycles. The first kappa shape index (κ1) is 11.1. The van der Waals surface area contributed by atoms with E-state index in [1.54, 1.807) is 17.4 Å². The maximum absolute atomic E-state index is 9.91. The minimum absolute atomic E-state index is 0.496. The summed E-state index contributed by atoms with van der Waals surface area (Å²) >= 11 is 8.82. The fraction of sp³-hybridized carbons (Fsp3) is 0.300. The van der Waals surface area contributed by atoms with E-state index in [-0.39, 0.29) is 0 Å². The van der Waals surface area contributed by atoms with Gasteiger partial charge in [-0.15, -0.1) is 22.7 Å². The zero-order chi connectivity index (χ0) is 10.8. The molecule has 1 atom stereocenters. The Bertz CT molecular complexity index is 452. The molecule has 5 heteroatoms. The summed E-state index contributed by atoms with van der Waals surface area (Å²) in [6, 6.07) is 3.66. The summed E-state index contributed by atoms with van der Waals surface area (Å²) in [7, 11) is 0. The van der Waals surface area contributed by atoms with Crippen LogP contribution < -0.4 is 0 Å². The third kappa shape index (κ3) is 2.78. The number of aliphatic hydroxyl groups excluding tert-OH is 1. The highest BCUT2D eigenvalue weighted by molar-refractivity contribution is 7.16. The van der Waals surface area contributed by atoms with Gasteiger partial charge in [-0.2, -0.15) is 0 Å². The molecule has 0 aliphatic rings. The monoisotopic (exact) mass is 259 g/mol. The Morgan fingerprint density at radius 3 is 2.87 bits per heavy atom. The number of halogens is 1. The smallest absolute Gasteiger partial charge is 0.0938 e. The average Bonchev–Trinajstić information content (AvgIpc) is 2.75. The van der Waals surface area contributed by atoms with E-state index in [0.29, 0.717) is 10.8 Å². The van der Waals surface area contributed by atoms with Gasteiger partial charge in [-0.1, -0.05) is 11.6 Å². The van der Waals surface area contributed by atoms with Gasteiger partial charge in [-0.25, -0.2) is 4.98 Å². The zero-order valence-electron chi connectivity index (χ0n) is 8.11. The Kier molecular flexibility index (Phi) is 3.41. The van der Waals surface area contributed by atoms with Crippen LogP contribution in [0, 0.1) is 6.92 Å². The van der Waals surface area contributed by atoms with Crippen LogP contribution in [0.2, 0.25) is 4.34 Å². The second-order valence-electron chi connectivity index (χ2n) is 3.22. The van der Waals surface area contributed by atoms with Crippen LogP contribution in [0.15, 0.2) is 17.5 Å². The molecule has 1 unspecified atom stereocenters. The Hall–Kier alpha value is -0.420. The minimum atomic E-state index is -0.496. The van der Waals surface area contributed by atoms with Gasteiger partial charge in [-0.3, -0.25) is 0 Å². The van der Waals surface area contributed by atoms with Crippen molar-refractivity contribution in [2.24, 2.45) is 0 Å². The number of hydrogen-bond donors (Lipinski definition) is 1. The van der Waals surface area contributed by atoms with E-state index in [9.17, 15) is 5.11 Å². The number of aryl methyl sites for hydroxylation is 1. The maximum atomic E-state index is 9.91.